The molecule has 0 aromatic rings. The van der Waals surface area contributed by atoms with Crippen molar-refractivity contribution in [3.05, 3.63) is 22.6 Å². The number of nitrogens with zero attached hydrogens (tertiary/aromatic N) is 1. The number of allylic oxidation sites excluding steroid dienone is 1. The molecule has 0 saturated carbocycles. The monoisotopic (exact) mass is 214 g/mol. The molecular formula is C8H10N2O3S. The van der Waals surface area contributed by atoms with E-state index in [4.69, 9.17) is 9.39 Å². The molecule has 2 N–H and O–H groups in total. The molecule has 0 aromatic heterocycles. The van der Waals surface area contributed by atoms with Crippen LogP contribution in [0.15, 0.2) is 27.8 Å². The number of hydrogen-bond acceptors (Lipinski definition) is 4. The molecule has 0 amide bonds. The highest BCUT2D eigenvalue weighted by atomic mass is 32.2. The van der Waals surface area contributed by atoms with Crippen molar-refractivity contribution in [1.82, 2.24) is 5.32 Å². The fraction of sp³-hybridized carbons (Fsp3) is 0.375. The molecule has 5 nitrogen and oxygen atoms in total. The maximum Gasteiger partial charge on any atom is 0.186 e. The predicted octanol–water partition coefficient (Wildman–Crippen LogP) is 0.354. The van der Waals surface area contributed by atoms with Gasteiger partial charge in [-0.1, -0.05) is 11.2 Å². The van der Waals surface area contributed by atoms with Crippen LogP contribution >= 0.6 is 0 Å². The number of fused-ring (bicyclic) bond motifs is 1. The zero-order chi connectivity index (χ0) is 10.1. The molecule has 2 aliphatic rings. The molecule has 2 unspecified atom stereocenters. The second kappa shape index (κ2) is 3.55. The minimum atomic E-state index is -1.93. The first-order valence-electron chi connectivity index (χ1n) is 4.17. The Bertz CT molecular complexity index is 373. The quantitative estimate of drug-likeness (QED) is 0.618. The summed E-state index contributed by atoms with van der Waals surface area (Å²) in [6.07, 6.45) is 3.82. The molecular weight excluding hydrogens is 204 g/mol. The highest BCUT2D eigenvalue weighted by Gasteiger charge is 2.29. The third-order valence-electron chi connectivity index (χ3n) is 2.16. The lowest BCUT2D eigenvalue weighted by Crippen LogP contribution is -2.24. The Balaban J connectivity index is 2.30. The molecule has 14 heavy (non-hydrogen) atoms. The molecule has 6 heteroatoms. The Labute approximate surface area is 83.8 Å². The van der Waals surface area contributed by atoms with Gasteiger partial charge in [0.25, 0.3) is 0 Å². The summed E-state index contributed by atoms with van der Waals surface area (Å²) in [4.78, 5) is 5.53. The Hall–Kier alpha value is -1.14. The van der Waals surface area contributed by atoms with E-state index in [0.717, 1.165) is 5.57 Å². The number of oxime groups is 1. The lowest BCUT2D eigenvalue weighted by molar-refractivity contribution is 0.105. The van der Waals surface area contributed by atoms with Crippen molar-refractivity contribution >= 4 is 16.9 Å². The van der Waals surface area contributed by atoms with Crippen molar-refractivity contribution in [3.8, 4) is 0 Å². The van der Waals surface area contributed by atoms with Crippen LogP contribution in [0.5, 0.6) is 0 Å². The number of nitrogens with one attached hydrogen (secondary N) is 1. The SMILES string of the molecule is CNC1=NOC2CC=C(S(=O)O)C=C12. The fourth-order valence-electron chi connectivity index (χ4n) is 1.46. The lowest BCUT2D eigenvalue weighted by atomic mass is 10.0. The maximum absolute atomic E-state index is 10.8. The molecule has 1 heterocycles. The second-order valence-electron chi connectivity index (χ2n) is 2.97. The van der Waals surface area contributed by atoms with Crippen LogP contribution in [0.4, 0.5) is 0 Å². The first-order valence-corrected chi connectivity index (χ1v) is 5.27. The normalized spacial score (nSPS) is 26.7. The average molecular weight is 214 g/mol. The second-order valence-corrected chi connectivity index (χ2v) is 3.94. The van der Waals surface area contributed by atoms with E-state index in [-0.39, 0.29) is 6.10 Å². The number of hydrogen-bond donors (Lipinski definition) is 2. The van der Waals surface area contributed by atoms with Gasteiger partial charge in [-0.3, -0.25) is 0 Å². The van der Waals surface area contributed by atoms with Crippen LogP contribution in [-0.2, 0) is 15.9 Å². The molecule has 1 aliphatic heterocycles. The van der Waals surface area contributed by atoms with E-state index in [0.29, 0.717) is 17.2 Å². The van der Waals surface area contributed by atoms with Crippen molar-refractivity contribution in [2.24, 2.45) is 5.16 Å². The maximum atomic E-state index is 10.8. The van der Waals surface area contributed by atoms with Crippen LogP contribution in [0.3, 0.4) is 0 Å². The van der Waals surface area contributed by atoms with Crippen LogP contribution in [0.2, 0.25) is 0 Å². The van der Waals surface area contributed by atoms with Gasteiger partial charge < -0.3 is 14.7 Å². The van der Waals surface area contributed by atoms with Gasteiger partial charge in [0.2, 0.25) is 0 Å². The first-order chi connectivity index (χ1) is 6.72. The van der Waals surface area contributed by atoms with Gasteiger partial charge in [-0.05, 0) is 6.08 Å². The molecule has 0 radical (unpaired) electrons. The third kappa shape index (κ3) is 1.46. The summed E-state index contributed by atoms with van der Waals surface area (Å²) in [7, 11) is 1.74. The van der Waals surface area contributed by atoms with Crippen molar-refractivity contribution in [1.29, 1.82) is 0 Å². The molecule has 76 valence electrons. The summed E-state index contributed by atoms with van der Waals surface area (Å²) < 4.78 is 19.7. The molecule has 0 aromatic carbocycles. The summed E-state index contributed by atoms with van der Waals surface area (Å²) in [5.74, 6) is 0.631. The highest BCUT2D eigenvalue weighted by Crippen LogP contribution is 2.26. The van der Waals surface area contributed by atoms with E-state index in [1.807, 2.05) is 0 Å². The predicted molar refractivity (Wildman–Crippen MR) is 52.9 cm³/mol. The summed E-state index contributed by atoms with van der Waals surface area (Å²) in [5, 5.41) is 6.69. The number of rotatable bonds is 1. The molecule has 0 spiro atoms. The number of amidine groups is 1. The summed E-state index contributed by atoms with van der Waals surface area (Å²) in [6, 6.07) is 0. The largest absolute Gasteiger partial charge is 0.385 e. The van der Waals surface area contributed by atoms with Gasteiger partial charge in [0.05, 0.1) is 4.91 Å². The van der Waals surface area contributed by atoms with Crippen LogP contribution in [0.1, 0.15) is 6.42 Å². The fourth-order valence-corrected chi connectivity index (χ4v) is 1.92. The highest BCUT2D eigenvalue weighted by molar-refractivity contribution is 7.83. The van der Waals surface area contributed by atoms with Crippen molar-refractivity contribution in [3.63, 3.8) is 0 Å². The van der Waals surface area contributed by atoms with E-state index in [1.165, 1.54) is 0 Å². The van der Waals surface area contributed by atoms with Crippen LogP contribution < -0.4 is 5.32 Å². The van der Waals surface area contributed by atoms with Crippen LogP contribution in [0, 0.1) is 0 Å². The van der Waals surface area contributed by atoms with Crippen molar-refractivity contribution in [2.75, 3.05) is 7.05 Å². The van der Waals surface area contributed by atoms with Gasteiger partial charge in [-0.2, -0.15) is 0 Å². The van der Waals surface area contributed by atoms with Gasteiger partial charge in [0, 0.05) is 19.0 Å². The third-order valence-corrected chi connectivity index (χ3v) is 2.85. The van der Waals surface area contributed by atoms with Crippen molar-refractivity contribution in [2.45, 2.75) is 12.5 Å². The Morgan fingerprint density at radius 3 is 3.21 bits per heavy atom. The smallest absolute Gasteiger partial charge is 0.186 e. The van der Waals surface area contributed by atoms with E-state index in [1.54, 1.807) is 19.2 Å². The van der Waals surface area contributed by atoms with E-state index >= 15 is 0 Å². The van der Waals surface area contributed by atoms with Gasteiger partial charge in [0.15, 0.2) is 23.0 Å². The molecule has 1 aliphatic carbocycles. The number of likely N-dealkylation sites (N-methyl/N-ethyl adjacent to an activating group) is 1. The average Bonchev–Trinajstić information content (AvgIpc) is 2.59. The molecule has 2 rings (SSSR count). The summed E-state index contributed by atoms with van der Waals surface area (Å²) >= 11 is -1.93. The first kappa shape index (κ1) is 9.42. The van der Waals surface area contributed by atoms with Crippen molar-refractivity contribution < 1.29 is 13.6 Å². The molecule has 0 saturated heterocycles. The van der Waals surface area contributed by atoms with E-state index in [9.17, 15) is 4.21 Å². The topological polar surface area (TPSA) is 70.9 Å². The standard InChI is InChI=1S/C8H10N2O3S/c1-9-8-6-4-5(14(11)12)2-3-7(6)13-10-8/h2,4,7H,3H2,1H3,(H,9,10)(H,11,12). The lowest BCUT2D eigenvalue weighted by Gasteiger charge is -2.13. The van der Waals surface area contributed by atoms with Crippen LogP contribution in [0.25, 0.3) is 0 Å². The summed E-state index contributed by atoms with van der Waals surface area (Å²) in [5.41, 5.74) is 0.840. The van der Waals surface area contributed by atoms with Gasteiger partial charge in [-0.15, -0.1) is 0 Å². The van der Waals surface area contributed by atoms with E-state index in [2.05, 4.69) is 10.5 Å². The zero-order valence-electron chi connectivity index (χ0n) is 7.56. The van der Waals surface area contributed by atoms with Gasteiger partial charge in [0.1, 0.15) is 0 Å². The molecule has 0 fully saturated rings. The Kier molecular flexibility index (Phi) is 2.39. The minimum Gasteiger partial charge on any atom is -0.385 e. The Morgan fingerprint density at radius 2 is 2.57 bits per heavy atom. The van der Waals surface area contributed by atoms with Gasteiger partial charge in [-0.25, -0.2) is 4.21 Å². The summed E-state index contributed by atoms with van der Waals surface area (Å²) in [6.45, 7) is 0. The minimum absolute atomic E-state index is 0.107. The Morgan fingerprint density at radius 1 is 1.79 bits per heavy atom. The zero-order valence-corrected chi connectivity index (χ0v) is 8.37. The molecule has 0 bridgehead atoms. The van der Waals surface area contributed by atoms with Crippen LogP contribution in [-0.4, -0.2) is 27.7 Å². The van der Waals surface area contributed by atoms with Gasteiger partial charge >= 0.3 is 0 Å². The van der Waals surface area contributed by atoms with E-state index < -0.39 is 11.1 Å². The molecule has 2 atom stereocenters.